The van der Waals surface area contributed by atoms with E-state index < -0.39 is 11.9 Å². The van der Waals surface area contributed by atoms with Crippen molar-refractivity contribution in [3.05, 3.63) is 42.6 Å². The number of carbonyl (C=O) groups is 2. The number of hydrogen-bond donors (Lipinski definition) is 1. The van der Waals surface area contributed by atoms with Gasteiger partial charge in [-0.15, -0.1) is 0 Å². The lowest BCUT2D eigenvalue weighted by atomic mass is 10.3. The zero-order chi connectivity index (χ0) is 15.4. The summed E-state index contributed by atoms with van der Waals surface area (Å²) in [7, 11) is 0. The number of amides is 3. The molecule has 22 heavy (non-hydrogen) atoms. The maximum absolute atomic E-state index is 12.0. The molecule has 2 aromatic rings. The summed E-state index contributed by atoms with van der Waals surface area (Å²) >= 11 is 0. The Morgan fingerprint density at radius 3 is 2.45 bits per heavy atom. The Kier molecular flexibility index (Phi) is 3.99. The van der Waals surface area contributed by atoms with Crippen LogP contribution in [0.4, 0.5) is 10.7 Å². The third kappa shape index (κ3) is 3.05. The molecule has 0 atom stereocenters. The van der Waals surface area contributed by atoms with Crippen molar-refractivity contribution in [3.8, 4) is 0 Å². The molecule has 1 saturated heterocycles. The molecule has 114 valence electrons. The second kappa shape index (κ2) is 6.25. The molecule has 1 aliphatic rings. The van der Waals surface area contributed by atoms with Crippen molar-refractivity contribution in [3.63, 3.8) is 0 Å². The lowest BCUT2D eigenvalue weighted by Crippen LogP contribution is -2.53. The minimum atomic E-state index is -0.538. The number of hydrogen-bond acceptors (Lipinski definition) is 6. The summed E-state index contributed by atoms with van der Waals surface area (Å²) in [4.78, 5) is 35.8. The van der Waals surface area contributed by atoms with Crippen LogP contribution in [0.5, 0.6) is 0 Å². The van der Waals surface area contributed by atoms with Crippen molar-refractivity contribution in [1.82, 2.24) is 20.2 Å². The number of furan rings is 1. The van der Waals surface area contributed by atoms with Gasteiger partial charge in [0.25, 0.3) is 5.91 Å². The summed E-state index contributed by atoms with van der Waals surface area (Å²) in [5.74, 6) is 0.225. The van der Waals surface area contributed by atoms with E-state index in [4.69, 9.17) is 4.42 Å². The van der Waals surface area contributed by atoms with Gasteiger partial charge in [0, 0.05) is 38.6 Å². The van der Waals surface area contributed by atoms with Gasteiger partial charge in [-0.05, 0) is 18.2 Å². The van der Waals surface area contributed by atoms with Crippen LogP contribution < -0.4 is 10.2 Å². The van der Waals surface area contributed by atoms with Gasteiger partial charge in [0.2, 0.25) is 5.95 Å². The fraction of sp³-hybridized carbons (Fsp3) is 0.286. The molecule has 3 rings (SSSR count). The molecular formula is C14H15N5O3. The predicted molar refractivity (Wildman–Crippen MR) is 77.4 cm³/mol. The van der Waals surface area contributed by atoms with Gasteiger partial charge < -0.3 is 14.2 Å². The minimum absolute atomic E-state index is 0.115. The van der Waals surface area contributed by atoms with Crippen LogP contribution in [0.25, 0.3) is 0 Å². The molecule has 3 heterocycles. The first-order valence-corrected chi connectivity index (χ1v) is 6.90. The normalized spacial score (nSPS) is 14.7. The van der Waals surface area contributed by atoms with E-state index in [0.29, 0.717) is 32.1 Å². The van der Waals surface area contributed by atoms with Crippen LogP contribution in [0.3, 0.4) is 0 Å². The Morgan fingerprint density at radius 1 is 1.09 bits per heavy atom. The highest BCUT2D eigenvalue weighted by Crippen LogP contribution is 2.10. The molecule has 0 unspecified atom stereocenters. The van der Waals surface area contributed by atoms with Crippen molar-refractivity contribution in [1.29, 1.82) is 0 Å². The summed E-state index contributed by atoms with van der Waals surface area (Å²) in [6.45, 7) is 2.23. The highest BCUT2D eigenvalue weighted by Gasteiger charge is 2.24. The van der Waals surface area contributed by atoms with Crippen LogP contribution >= 0.6 is 0 Å². The van der Waals surface area contributed by atoms with Crippen LogP contribution in [-0.2, 0) is 0 Å². The third-order valence-electron chi connectivity index (χ3n) is 3.37. The number of nitrogens with zero attached hydrogens (tertiary/aromatic N) is 4. The van der Waals surface area contributed by atoms with Gasteiger partial charge in [-0.3, -0.25) is 10.1 Å². The molecule has 0 bridgehead atoms. The molecule has 0 aliphatic carbocycles. The fourth-order valence-electron chi connectivity index (χ4n) is 2.21. The topological polar surface area (TPSA) is 91.6 Å². The van der Waals surface area contributed by atoms with Crippen molar-refractivity contribution in [2.24, 2.45) is 0 Å². The number of urea groups is 1. The van der Waals surface area contributed by atoms with Gasteiger partial charge in [0.05, 0.1) is 6.26 Å². The average molecular weight is 301 g/mol. The first-order valence-electron chi connectivity index (χ1n) is 6.90. The standard InChI is InChI=1S/C14H15N5O3/c20-12(11-3-1-10-22-11)17-14(21)19-8-6-18(7-9-19)13-15-4-2-5-16-13/h1-5,10H,6-9H2,(H,17,20,21). The van der Waals surface area contributed by atoms with Gasteiger partial charge >= 0.3 is 6.03 Å². The molecule has 8 nitrogen and oxygen atoms in total. The molecule has 3 amide bonds. The number of anilines is 1. The van der Waals surface area contributed by atoms with Crippen molar-refractivity contribution < 1.29 is 14.0 Å². The first kappa shape index (κ1) is 14.1. The second-order valence-corrected chi connectivity index (χ2v) is 4.76. The van der Waals surface area contributed by atoms with E-state index in [1.807, 2.05) is 4.90 Å². The zero-order valence-electron chi connectivity index (χ0n) is 11.8. The van der Waals surface area contributed by atoms with E-state index in [-0.39, 0.29) is 5.76 Å². The Morgan fingerprint density at radius 2 is 1.82 bits per heavy atom. The highest BCUT2D eigenvalue weighted by molar-refractivity contribution is 6.02. The minimum Gasteiger partial charge on any atom is -0.459 e. The number of nitrogens with one attached hydrogen (secondary N) is 1. The van der Waals surface area contributed by atoms with Crippen LogP contribution in [-0.4, -0.2) is 53.0 Å². The Hall–Kier alpha value is -2.90. The second-order valence-electron chi connectivity index (χ2n) is 4.76. The fourth-order valence-corrected chi connectivity index (χ4v) is 2.21. The van der Waals surface area contributed by atoms with E-state index in [1.165, 1.54) is 12.3 Å². The van der Waals surface area contributed by atoms with E-state index in [9.17, 15) is 9.59 Å². The third-order valence-corrected chi connectivity index (χ3v) is 3.37. The average Bonchev–Trinajstić information content (AvgIpc) is 3.10. The molecule has 1 aliphatic heterocycles. The van der Waals surface area contributed by atoms with E-state index >= 15 is 0 Å². The van der Waals surface area contributed by atoms with Gasteiger partial charge in [-0.1, -0.05) is 0 Å². The van der Waals surface area contributed by atoms with E-state index in [0.717, 1.165) is 0 Å². The van der Waals surface area contributed by atoms with Gasteiger partial charge in [0.1, 0.15) is 0 Å². The van der Waals surface area contributed by atoms with Gasteiger partial charge in [-0.2, -0.15) is 0 Å². The Labute approximate surface area is 126 Å². The van der Waals surface area contributed by atoms with Crippen molar-refractivity contribution >= 4 is 17.9 Å². The number of carbonyl (C=O) groups excluding carboxylic acids is 2. The lowest BCUT2D eigenvalue weighted by molar-refractivity contribution is 0.0923. The maximum atomic E-state index is 12.0. The number of piperazine rings is 1. The Bertz CT molecular complexity index is 636. The van der Waals surface area contributed by atoms with E-state index in [2.05, 4.69) is 15.3 Å². The number of rotatable bonds is 2. The molecule has 0 aromatic carbocycles. The molecule has 1 fully saturated rings. The quantitative estimate of drug-likeness (QED) is 0.879. The van der Waals surface area contributed by atoms with Gasteiger partial charge in [0.15, 0.2) is 5.76 Å². The smallest absolute Gasteiger partial charge is 0.324 e. The summed E-state index contributed by atoms with van der Waals surface area (Å²) < 4.78 is 4.95. The molecule has 1 N–H and O–H groups in total. The first-order chi connectivity index (χ1) is 10.7. The summed E-state index contributed by atoms with van der Waals surface area (Å²) in [6.07, 6.45) is 4.75. The lowest BCUT2D eigenvalue weighted by Gasteiger charge is -2.34. The number of aromatic nitrogens is 2. The van der Waals surface area contributed by atoms with Crippen molar-refractivity contribution in [2.45, 2.75) is 0 Å². The summed E-state index contributed by atoms with van der Waals surface area (Å²) in [6, 6.07) is 4.44. The SMILES string of the molecule is O=C(NC(=O)N1CCN(c2ncccn2)CC1)c1ccco1. The van der Waals surface area contributed by atoms with Crippen molar-refractivity contribution in [2.75, 3.05) is 31.1 Å². The summed E-state index contributed by atoms with van der Waals surface area (Å²) in [5.41, 5.74) is 0. The molecule has 0 saturated carbocycles. The maximum Gasteiger partial charge on any atom is 0.324 e. The monoisotopic (exact) mass is 301 g/mol. The van der Waals surface area contributed by atoms with Crippen LogP contribution in [0, 0.1) is 0 Å². The molecule has 0 spiro atoms. The summed E-state index contributed by atoms with van der Waals surface area (Å²) in [5, 5.41) is 2.31. The highest BCUT2D eigenvalue weighted by atomic mass is 16.3. The van der Waals surface area contributed by atoms with E-state index in [1.54, 1.807) is 29.4 Å². The predicted octanol–water partition coefficient (Wildman–Crippen LogP) is 0.742. The van der Waals surface area contributed by atoms with Crippen LogP contribution in [0.1, 0.15) is 10.6 Å². The Balaban J connectivity index is 1.53. The zero-order valence-corrected chi connectivity index (χ0v) is 11.8. The number of imide groups is 1. The molecule has 8 heteroatoms. The van der Waals surface area contributed by atoms with Crippen LogP contribution in [0.2, 0.25) is 0 Å². The van der Waals surface area contributed by atoms with Crippen LogP contribution in [0.15, 0.2) is 41.3 Å². The molecule has 0 radical (unpaired) electrons. The van der Waals surface area contributed by atoms with Gasteiger partial charge in [-0.25, -0.2) is 14.8 Å². The molecular weight excluding hydrogens is 286 g/mol. The molecule has 2 aromatic heterocycles. The largest absolute Gasteiger partial charge is 0.459 e.